The van der Waals surface area contributed by atoms with Crippen LogP contribution >= 0.6 is 0 Å². The van der Waals surface area contributed by atoms with E-state index < -0.39 is 8.32 Å². The van der Waals surface area contributed by atoms with E-state index >= 15 is 0 Å². The molecule has 1 heterocycles. The molecule has 0 bridgehead atoms. The summed E-state index contributed by atoms with van der Waals surface area (Å²) in [5, 5.41) is 2.25. The topological polar surface area (TPSA) is 23.5 Å². The third kappa shape index (κ3) is 4.11. The van der Waals surface area contributed by atoms with Crippen molar-refractivity contribution in [1.82, 2.24) is 4.90 Å². The predicted molar refractivity (Wildman–Crippen MR) is 99.8 cm³/mol. The van der Waals surface area contributed by atoms with Crippen LogP contribution < -0.4 is 10.4 Å². The van der Waals surface area contributed by atoms with E-state index in [9.17, 15) is 4.80 Å². The summed E-state index contributed by atoms with van der Waals surface area (Å²) < 4.78 is 0. The Kier molecular flexibility index (Phi) is 5.65. The van der Waals surface area contributed by atoms with Gasteiger partial charge < -0.3 is 9.70 Å². The van der Waals surface area contributed by atoms with Crippen molar-refractivity contribution < 1.29 is 4.80 Å². The highest BCUT2D eigenvalue weighted by molar-refractivity contribution is 6.96. The van der Waals surface area contributed by atoms with Crippen LogP contribution in [-0.4, -0.2) is 37.6 Å². The molecule has 1 N–H and O–H groups in total. The lowest BCUT2D eigenvalue weighted by Gasteiger charge is -2.29. The van der Waals surface area contributed by atoms with Crippen LogP contribution in [0.15, 0.2) is 60.7 Å². The highest BCUT2D eigenvalue weighted by Crippen LogP contribution is 2.14. The molecule has 0 aromatic heterocycles. The molecule has 0 saturated carbocycles. The molecular formula is C20H27NOSi. The van der Waals surface area contributed by atoms with Crippen molar-refractivity contribution in [2.75, 3.05) is 19.6 Å². The Morgan fingerprint density at radius 3 is 1.70 bits per heavy atom. The Hall–Kier alpha value is -1.42. The molecule has 1 aliphatic rings. The number of hydrogen-bond donors (Lipinski definition) is 1. The summed E-state index contributed by atoms with van der Waals surface area (Å²) in [6.07, 6.45) is 5.32. The van der Waals surface area contributed by atoms with Gasteiger partial charge in [0, 0.05) is 0 Å². The van der Waals surface area contributed by atoms with Crippen LogP contribution in [0.5, 0.6) is 0 Å². The molecule has 2 aromatic rings. The Labute approximate surface area is 140 Å². The van der Waals surface area contributed by atoms with Gasteiger partial charge in [0.1, 0.15) is 0 Å². The van der Waals surface area contributed by atoms with Crippen molar-refractivity contribution in [3.8, 4) is 0 Å². The smallest absolute Gasteiger partial charge is 0.253 e. The Morgan fingerprint density at radius 1 is 0.739 bits per heavy atom. The van der Waals surface area contributed by atoms with Crippen molar-refractivity contribution in [2.45, 2.75) is 31.7 Å². The molecule has 122 valence electrons. The monoisotopic (exact) mass is 325 g/mol. The Balaban J connectivity index is 1.81. The maximum absolute atomic E-state index is 11.7. The molecule has 1 aliphatic heterocycles. The average molecular weight is 326 g/mol. The van der Waals surface area contributed by atoms with Gasteiger partial charge in [0.05, 0.1) is 0 Å². The first kappa shape index (κ1) is 16.4. The Bertz CT molecular complexity index is 540. The highest BCUT2D eigenvalue weighted by atomic mass is 28.4. The average Bonchev–Trinajstić information content (AvgIpc) is 2.90. The summed E-state index contributed by atoms with van der Waals surface area (Å²) >= 11 is 0. The number of likely N-dealkylation sites (tertiary alicyclic amines) is 1. The number of rotatable bonds is 5. The van der Waals surface area contributed by atoms with Crippen molar-refractivity contribution in [3.63, 3.8) is 0 Å². The largest absolute Gasteiger partial charge is 0.424 e. The van der Waals surface area contributed by atoms with Gasteiger partial charge in [-0.05, 0) is 48.9 Å². The summed E-state index contributed by atoms with van der Waals surface area (Å²) in [5.41, 5.74) is 0. The van der Waals surface area contributed by atoms with Gasteiger partial charge in [-0.1, -0.05) is 73.5 Å². The van der Waals surface area contributed by atoms with Gasteiger partial charge in [-0.15, -0.1) is 0 Å². The second kappa shape index (κ2) is 7.91. The lowest BCUT2D eigenvalue weighted by Crippen LogP contribution is -2.59. The molecule has 23 heavy (non-hydrogen) atoms. The van der Waals surface area contributed by atoms with Crippen LogP contribution in [-0.2, 0) is 0 Å². The zero-order valence-corrected chi connectivity index (χ0v) is 14.8. The van der Waals surface area contributed by atoms with Gasteiger partial charge in [0.15, 0.2) is 0 Å². The van der Waals surface area contributed by atoms with Crippen molar-refractivity contribution in [2.24, 2.45) is 0 Å². The maximum Gasteiger partial charge on any atom is 0.253 e. The van der Waals surface area contributed by atoms with Crippen molar-refractivity contribution >= 4 is 18.7 Å². The second-order valence-corrected chi connectivity index (χ2v) is 9.97. The fraction of sp³-hybridized carbons (Fsp3) is 0.400. The van der Waals surface area contributed by atoms with Crippen LogP contribution in [0.1, 0.15) is 25.7 Å². The zero-order valence-electron chi connectivity index (χ0n) is 13.8. The van der Waals surface area contributed by atoms with E-state index in [-0.39, 0.29) is 0 Å². The van der Waals surface area contributed by atoms with Crippen molar-refractivity contribution in [3.05, 3.63) is 60.7 Å². The highest BCUT2D eigenvalue weighted by Gasteiger charge is 2.35. The summed E-state index contributed by atoms with van der Waals surface area (Å²) in [4.78, 5) is 14.2. The minimum Gasteiger partial charge on any atom is -0.424 e. The number of nitrogens with zero attached hydrogens (tertiary/aromatic N) is 1. The lowest BCUT2D eigenvalue weighted by molar-refractivity contribution is 0.297. The maximum atomic E-state index is 11.7. The molecule has 3 heteroatoms. The second-order valence-electron chi connectivity index (χ2n) is 6.60. The predicted octanol–water partition coefficient (Wildman–Crippen LogP) is 2.61. The molecular weight excluding hydrogens is 298 g/mol. The molecule has 0 atom stereocenters. The lowest BCUT2D eigenvalue weighted by atomic mass is 10.2. The van der Waals surface area contributed by atoms with E-state index in [4.69, 9.17) is 0 Å². The molecule has 1 saturated heterocycles. The third-order valence-electron chi connectivity index (χ3n) is 4.99. The summed E-state index contributed by atoms with van der Waals surface area (Å²) in [7, 11) is -2.64. The van der Waals surface area contributed by atoms with Gasteiger partial charge in [-0.25, -0.2) is 0 Å². The first-order valence-electron chi connectivity index (χ1n) is 8.85. The summed E-state index contributed by atoms with van der Waals surface area (Å²) in [5.74, 6) is 0. The molecule has 0 aliphatic carbocycles. The zero-order chi connectivity index (χ0) is 16.0. The van der Waals surface area contributed by atoms with Crippen LogP contribution in [0.2, 0.25) is 6.04 Å². The Morgan fingerprint density at radius 2 is 1.22 bits per heavy atom. The third-order valence-corrected chi connectivity index (χ3v) is 8.52. The molecule has 0 spiro atoms. The SMILES string of the molecule is O[Si](CCN1CCCCCC1)(c1ccccc1)c1ccccc1. The fourth-order valence-electron chi connectivity index (χ4n) is 3.56. The molecule has 0 amide bonds. The van der Waals surface area contributed by atoms with Crippen LogP contribution in [0.4, 0.5) is 0 Å². The summed E-state index contributed by atoms with van der Waals surface area (Å²) in [6, 6.07) is 21.5. The normalized spacial score (nSPS) is 16.9. The van der Waals surface area contributed by atoms with E-state index in [1.807, 2.05) is 36.4 Å². The first-order chi connectivity index (χ1) is 11.3. The van der Waals surface area contributed by atoms with Crippen LogP contribution in [0.25, 0.3) is 0 Å². The van der Waals surface area contributed by atoms with Crippen LogP contribution in [0, 0.1) is 0 Å². The van der Waals surface area contributed by atoms with Gasteiger partial charge >= 0.3 is 0 Å². The van der Waals surface area contributed by atoms with E-state index in [0.717, 1.165) is 23.0 Å². The van der Waals surface area contributed by atoms with E-state index in [1.54, 1.807) is 0 Å². The molecule has 2 aromatic carbocycles. The minimum absolute atomic E-state index is 0.876. The summed E-state index contributed by atoms with van der Waals surface area (Å²) in [6.45, 7) is 3.38. The number of hydrogen-bond acceptors (Lipinski definition) is 2. The standard InChI is InChI=1S/C20H27NOSi/c22-23(19-11-5-3-6-12-19,20-13-7-4-8-14-20)18-17-21-15-9-1-2-10-16-21/h3-8,11-14,22H,1-2,9-10,15-18H2. The van der Waals surface area contributed by atoms with Crippen LogP contribution in [0.3, 0.4) is 0 Å². The minimum atomic E-state index is -2.64. The van der Waals surface area contributed by atoms with E-state index in [2.05, 4.69) is 29.2 Å². The molecule has 1 fully saturated rings. The van der Waals surface area contributed by atoms with Gasteiger partial charge in [-0.3, -0.25) is 0 Å². The first-order valence-corrected chi connectivity index (χ1v) is 11.0. The quantitative estimate of drug-likeness (QED) is 0.854. The van der Waals surface area contributed by atoms with E-state index in [0.29, 0.717) is 0 Å². The molecule has 2 nitrogen and oxygen atoms in total. The van der Waals surface area contributed by atoms with E-state index in [1.165, 1.54) is 38.8 Å². The molecule has 0 radical (unpaired) electrons. The van der Waals surface area contributed by atoms with Gasteiger partial charge in [0.25, 0.3) is 8.32 Å². The number of benzene rings is 2. The molecule has 3 rings (SSSR count). The fourth-order valence-corrected chi connectivity index (χ4v) is 6.60. The van der Waals surface area contributed by atoms with Gasteiger partial charge in [0.2, 0.25) is 0 Å². The molecule has 0 unspecified atom stereocenters. The van der Waals surface area contributed by atoms with Crippen molar-refractivity contribution in [1.29, 1.82) is 0 Å². The van der Waals surface area contributed by atoms with Gasteiger partial charge in [-0.2, -0.15) is 0 Å².